The van der Waals surface area contributed by atoms with Gasteiger partial charge in [-0.2, -0.15) is 0 Å². The minimum absolute atomic E-state index is 0.00750. The van der Waals surface area contributed by atoms with Gasteiger partial charge >= 0.3 is 0 Å². The number of aromatic nitrogens is 1. The molecule has 1 heterocycles. The van der Waals surface area contributed by atoms with Crippen molar-refractivity contribution in [2.75, 3.05) is 6.54 Å². The molecule has 7 heteroatoms. The maximum atomic E-state index is 13.0. The Morgan fingerprint density at radius 2 is 1.92 bits per heavy atom. The fourth-order valence-electron chi connectivity index (χ4n) is 2.54. The number of rotatable bonds is 7. The van der Waals surface area contributed by atoms with Crippen LogP contribution in [0, 0.1) is 18.7 Å². The number of carbonyl (C=O) groups is 2. The van der Waals surface area contributed by atoms with Crippen LogP contribution in [0.5, 0.6) is 0 Å². The molecule has 0 aliphatic rings. The third-order valence-electron chi connectivity index (χ3n) is 3.95. The van der Waals surface area contributed by atoms with E-state index in [0.29, 0.717) is 23.4 Å². The molecule has 25 heavy (non-hydrogen) atoms. The van der Waals surface area contributed by atoms with Gasteiger partial charge in [-0.1, -0.05) is 31.1 Å². The molecule has 3 N–H and O–H groups in total. The predicted octanol–water partition coefficient (Wildman–Crippen LogP) is 2.32. The highest BCUT2D eigenvalue weighted by Gasteiger charge is 2.24. The molecule has 0 aliphatic carbocycles. The molecule has 1 aromatic heterocycles. The molecule has 0 spiro atoms. The van der Waals surface area contributed by atoms with E-state index in [4.69, 9.17) is 10.3 Å². The van der Waals surface area contributed by atoms with Crippen LogP contribution in [0.3, 0.4) is 0 Å². The smallest absolute Gasteiger partial charge is 0.256 e. The normalized spacial score (nSPS) is 12.2. The van der Waals surface area contributed by atoms with Crippen LogP contribution in [0.2, 0.25) is 0 Å². The van der Waals surface area contributed by atoms with Gasteiger partial charge in [0.05, 0.1) is 11.6 Å². The van der Waals surface area contributed by atoms with Crippen molar-refractivity contribution in [2.45, 2.75) is 33.1 Å². The van der Waals surface area contributed by atoms with Crippen LogP contribution >= 0.6 is 0 Å². The van der Waals surface area contributed by atoms with Crippen molar-refractivity contribution in [3.8, 4) is 0 Å². The molecule has 2 aromatic rings. The van der Waals surface area contributed by atoms with Crippen LogP contribution in [-0.2, 0) is 11.2 Å². The van der Waals surface area contributed by atoms with Crippen molar-refractivity contribution in [3.05, 3.63) is 52.7 Å². The number of hydrogen-bond acceptors (Lipinski definition) is 4. The summed E-state index contributed by atoms with van der Waals surface area (Å²) in [7, 11) is 0. The van der Waals surface area contributed by atoms with Gasteiger partial charge in [-0.3, -0.25) is 9.59 Å². The molecule has 0 fully saturated rings. The molecular formula is C18H22FN3O3. The second-order valence-electron chi connectivity index (χ2n) is 6.30. The number of nitrogens with one attached hydrogen (secondary N) is 1. The zero-order valence-electron chi connectivity index (χ0n) is 14.5. The van der Waals surface area contributed by atoms with Gasteiger partial charge in [-0.15, -0.1) is 0 Å². The maximum absolute atomic E-state index is 13.0. The van der Waals surface area contributed by atoms with Gasteiger partial charge in [0.1, 0.15) is 11.4 Å². The lowest BCUT2D eigenvalue weighted by atomic mass is 9.98. The Hall–Kier alpha value is -2.70. The van der Waals surface area contributed by atoms with Gasteiger partial charge < -0.3 is 15.6 Å². The minimum Gasteiger partial charge on any atom is -0.369 e. The van der Waals surface area contributed by atoms with E-state index in [0.717, 1.165) is 5.56 Å². The molecule has 2 amide bonds. The summed E-state index contributed by atoms with van der Waals surface area (Å²) in [5, 5.41) is 6.55. The molecule has 0 bridgehead atoms. The van der Waals surface area contributed by atoms with Gasteiger partial charge in [-0.25, -0.2) is 4.39 Å². The first-order chi connectivity index (χ1) is 11.8. The van der Waals surface area contributed by atoms with Crippen molar-refractivity contribution < 1.29 is 18.5 Å². The quantitative estimate of drug-likeness (QED) is 0.803. The average molecular weight is 347 g/mol. The van der Waals surface area contributed by atoms with E-state index in [1.54, 1.807) is 19.1 Å². The lowest BCUT2D eigenvalue weighted by Gasteiger charge is -2.15. The van der Waals surface area contributed by atoms with Crippen molar-refractivity contribution in [3.63, 3.8) is 0 Å². The molecule has 2 rings (SSSR count). The van der Waals surface area contributed by atoms with E-state index in [1.165, 1.54) is 12.1 Å². The number of benzene rings is 1. The summed E-state index contributed by atoms with van der Waals surface area (Å²) < 4.78 is 18.2. The van der Waals surface area contributed by atoms with E-state index in [2.05, 4.69) is 10.5 Å². The van der Waals surface area contributed by atoms with Crippen molar-refractivity contribution in [1.82, 2.24) is 10.5 Å². The minimum atomic E-state index is -0.600. The lowest BCUT2D eigenvalue weighted by molar-refractivity contribution is -0.121. The van der Waals surface area contributed by atoms with E-state index < -0.39 is 11.8 Å². The third-order valence-corrected chi connectivity index (χ3v) is 3.95. The van der Waals surface area contributed by atoms with Gasteiger partial charge in [0, 0.05) is 12.5 Å². The Labute approximate surface area is 145 Å². The first kappa shape index (κ1) is 18.6. The van der Waals surface area contributed by atoms with Crippen molar-refractivity contribution >= 4 is 11.8 Å². The average Bonchev–Trinajstić information content (AvgIpc) is 2.94. The van der Waals surface area contributed by atoms with Crippen LogP contribution in [-0.4, -0.2) is 23.5 Å². The Morgan fingerprint density at radius 3 is 2.48 bits per heavy atom. The molecule has 0 saturated heterocycles. The zero-order valence-corrected chi connectivity index (χ0v) is 14.5. The number of primary amides is 1. The summed E-state index contributed by atoms with van der Waals surface area (Å²) in [5.74, 6) is -1.32. The summed E-state index contributed by atoms with van der Waals surface area (Å²) >= 11 is 0. The maximum Gasteiger partial charge on any atom is 0.256 e. The summed E-state index contributed by atoms with van der Waals surface area (Å²) in [6.07, 6.45) is 0.315. The molecule has 1 aromatic carbocycles. The van der Waals surface area contributed by atoms with Gasteiger partial charge in [-0.05, 0) is 31.0 Å². The van der Waals surface area contributed by atoms with Gasteiger partial charge in [0.25, 0.3) is 5.91 Å². The summed E-state index contributed by atoms with van der Waals surface area (Å²) in [4.78, 5) is 24.1. The SMILES string of the molecule is Cc1noc(C(C)C)c1C(=O)NC[C@@H](Cc1ccc(F)cc1)C(N)=O. The predicted molar refractivity (Wildman–Crippen MR) is 90.5 cm³/mol. The second kappa shape index (κ2) is 7.92. The highest BCUT2D eigenvalue weighted by molar-refractivity contribution is 5.96. The lowest BCUT2D eigenvalue weighted by Crippen LogP contribution is -2.37. The summed E-state index contributed by atoms with van der Waals surface area (Å²) in [6, 6.07) is 5.82. The third kappa shape index (κ3) is 4.65. The molecule has 6 nitrogen and oxygen atoms in total. The Kier molecular flexibility index (Phi) is 5.90. The number of halogens is 1. The van der Waals surface area contributed by atoms with Gasteiger partial charge in [0.2, 0.25) is 5.91 Å². The van der Waals surface area contributed by atoms with Crippen LogP contribution < -0.4 is 11.1 Å². The molecule has 0 saturated carbocycles. The van der Waals surface area contributed by atoms with E-state index in [1.807, 2.05) is 13.8 Å². The molecule has 0 radical (unpaired) electrons. The largest absolute Gasteiger partial charge is 0.369 e. The van der Waals surface area contributed by atoms with Crippen molar-refractivity contribution in [1.29, 1.82) is 0 Å². The first-order valence-electron chi connectivity index (χ1n) is 8.07. The Bertz CT molecular complexity index is 753. The number of nitrogens with zero attached hydrogens (tertiary/aromatic N) is 1. The number of nitrogens with two attached hydrogens (primary N) is 1. The second-order valence-corrected chi connectivity index (χ2v) is 6.30. The fraction of sp³-hybridized carbons (Fsp3) is 0.389. The highest BCUT2D eigenvalue weighted by atomic mass is 19.1. The monoisotopic (exact) mass is 347 g/mol. The molecule has 134 valence electrons. The Balaban J connectivity index is 2.06. The highest BCUT2D eigenvalue weighted by Crippen LogP contribution is 2.22. The fourth-order valence-corrected chi connectivity index (χ4v) is 2.54. The summed E-state index contributed by atoms with van der Waals surface area (Å²) in [5.41, 5.74) is 7.08. The summed E-state index contributed by atoms with van der Waals surface area (Å²) in [6.45, 7) is 5.57. The number of carbonyl (C=O) groups excluding carboxylic acids is 2. The molecule has 0 unspecified atom stereocenters. The van der Waals surface area contributed by atoms with Crippen LogP contribution in [0.15, 0.2) is 28.8 Å². The molecule has 0 aliphatic heterocycles. The van der Waals surface area contributed by atoms with E-state index in [9.17, 15) is 14.0 Å². The zero-order chi connectivity index (χ0) is 18.6. The molecule has 1 atom stereocenters. The van der Waals surface area contributed by atoms with E-state index in [-0.39, 0.29) is 24.2 Å². The van der Waals surface area contributed by atoms with Crippen LogP contribution in [0.25, 0.3) is 0 Å². The molecular weight excluding hydrogens is 325 g/mol. The van der Waals surface area contributed by atoms with Crippen molar-refractivity contribution in [2.24, 2.45) is 11.7 Å². The van der Waals surface area contributed by atoms with Gasteiger partial charge in [0.15, 0.2) is 5.76 Å². The van der Waals surface area contributed by atoms with Crippen LogP contribution in [0.4, 0.5) is 4.39 Å². The first-order valence-corrected chi connectivity index (χ1v) is 8.07. The van der Waals surface area contributed by atoms with Crippen LogP contribution in [0.1, 0.15) is 47.1 Å². The standard InChI is InChI=1S/C18H22FN3O3/c1-10(2)16-15(11(3)22-25-16)18(24)21-9-13(17(20)23)8-12-4-6-14(19)7-5-12/h4-7,10,13H,8-9H2,1-3H3,(H2,20,23)(H,21,24)/t13-/m1/s1. The topological polar surface area (TPSA) is 98.2 Å². The van der Waals surface area contributed by atoms with E-state index >= 15 is 0 Å². The number of aryl methyl sites for hydroxylation is 1. The number of hydrogen-bond donors (Lipinski definition) is 2. The Morgan fingerprint density at radius 1 is 1.28 bits per heavy atom. The number of amides is 2.